The van der Waals surface area contributed by atoms with Gasteiger partial charge in [-0.15, -0.1) is 0 Å². The molecular weight excluding hydrogens is 313 g/mol. The SMILES string of the molecule is CN(C(=O)c1cc(N)c(F)cc1Br)c1cccnc1. The van der Waals surface area contributed by atoms with Crippen molar-refractivity contribution in [1.82, 2.24) is 4.98 Å². The summed E-state index contributed by atoms with van der Waals surface area (Å²) in [6.45, 7) is 0. The maximum absolute atomic E-state index is 13.3. The summed E-state index contributed by atoms with van der Waals surface area (Å²) >= 11 is 3.16. The predicted octanol–water partition coefficient (Wildman–Crippen LogP) is 2.84. The van der Waals surface area contributed by atoms with Gasteiger partial charge in [0.15, 0.2) is 0 Å². The number of halogens is 2. The third-order valence-corrected chi connectivity index (χ3v) is 3.31. The number of amides is 1. The summed E-state index contributed by atoms with van der Waals surface area (Å²) in [6.07, 6.45) is 3.19. The lowest BCUT2D eigenvalue weighted by molar-refractivity contribution is 0.0992. The first kappa shape index (κ1) is 13.5. The number of carbonyl (C=O) groups excluding carboxylic acids is 1. The van der Waals surface area contributed by atoms with Crippen molar-refractivity contribution in [2.24, 2.45) is 0 Å². The fourth-order valence-corrected chi connectivity index (χ4v) is 2.06. The molecule has 0 saturated carbocycles. The molecule has 2 aromatic rings. The van der Waals surface area contributed by atoms with Crippen LogP contribution in [0.3, 0.4) is 0 Å². The van der Waals surface area contributed by atoms with Gasteiger partial charge in [0, 0.05) is 17.7 Å². The lowest BCUT2D eigenvalue weighted by atomic mass is 10.1. The summed E-state index contributed by atoms with van der Waals surface area (Å²) in [5, 5.41) is 0. The normalized spacial score (nSPS) is 10.3. The Kier molecular flexibility index (Phi) is 3.80. The Morgan fingerprint density at radius 3 is 2.84 bits per heavy atom. The predicted molar refractivity (Wildman–Crippen MR) is 75.5 cm³/mol. The van der Waals surface area contributed by atoms with Crippen LogP contribution in [0.4, 0.5) is 15.8 Å². The van der Waals surface area contributed by atoms with Crippen molar-refractivity contribution in [3.63, 3.8) is 0 Å². The number of anilines is 2. The number of aromatic nitrogens is 1. The van der Waals surface area contributed by atoms with Gasteiger partial charge in [-0.25, -0.2) is 4.39 Å². The van der Waals surface area contributed by atoms with Gasteiger partial charge >= 0.3 is 0 Å². The van der Waals surface area contributed by atoms with Gasteiger partial charge in [0.1, 0.15) is 5.82 Å². The minimum Gasteiger partial charge on any atom is -0.396 e. The fourth-order valence-electron chi connectivity index (χ4n) is 1.58. The average Bonchev–Trinajstić information content (AvgIpc) is 2.42. The lowest BCUT2D eigenvalue weighted by Crippen LogP contribution is -2.26. The van der Waals surface area contributed by atoms with E-state index in [-0.39, 0.29) is 11.6 Å². The van der Waals surface area contributed by atoms with Crippen LogP contribution in [0.2, 0.25) is 0 Å². The summed E-state index contributed by atoms with van der Waals surface area (Å²) in [7, 11) is 1.62. The smallest absolute Gasteiger partial charge is 0.259 e. The highest BCUT2D eigenvalue weighted by Gasteiger charge is 2.18. The average molecular weight is 324 g/mol. The highest BCUT2D eigenvalue weighted by molar-refractivity contribution is 9.10. The fraction of sp³-hybridized carbons (Fsp3) is 0.0769. The molecule has 2 N–H and O–H groups in total. The van der Waals surface area contributed by atoms with Gasteiger partial charge < -0.3 is 10.6 Å². The molecule has 2 rings (SSSR count). The van der Waals surface area contributed by atoms with Crippen molar-refractivity contribution < 1.29 is 9.18 Å². The van der Waals surface area contributed by atoms with Crippen molar-refractivity contribution >= 4 is 33.2 Å². The lowest BCUT2D eigenvalue weighted by Gasteiger charge is -2.18. The van der Waals surface area contributed by atoms with Crippen LogP contribution >= 0.6 is 15.9 Å². The molecule has 1 aromatic heterocycles. The third kappa shape index (κ3) is 2.73. The molecule has 0 radical (unpaired) electrons. The van der Waals surface area contributed by atoms with Gasteiger partial charge in [0.25, 0.3) is 5.91 Å². The van der Waals surface area contributed by atoms with E-state index in [0.717, 1.165) is 0 Å². The zero-order chi connectivity index (χ0) is 14.0. The quantitative estimate of drug-likeness (QED) is 0.864. The number of hydrogen-bond donors (Lipinski definition) is 1. The Balaban J connectivity index is 2.37. The summed E-state index contributed by atoms with van der Waals surface area (Å²) in [5.74, 6) is -0.862. The van der Waals surface area contributed by atoms with Crippen LogP contribution in [-0.2, 0) is 0 Å². The number of nitrogens with two attached hydrogens (primary N) is 1. The molecule has 0 unspecified atom stereocenters. The van der Waals surface area contributed by atoms with Crippen molar-refractivity contribution in [2.75, 3.05) is 17.7 Å². The number of nitrogen functional groups attached to an aromatic ring is 1. The van der Waals surface area contributed by atoms with Crippen molar-refractivity contribution in [3.8, 4) is 0 Å². The number of rotatable bonds is 2. The van der Waals surface area contributed by atoms with Gasteiger partial charge in [-0.3, -0.25) is 9.78 Å². The van der Waals surface area contributed by atoms with E-state index in [1.165, 1.54) is 17.0 Å². The van der Waals surface area contributed by atoms with E-state index in [0.29, 0.717) is 15.7 Å². The number of hydrogen-bond acceptors (Lipinski definition) is 3. The molecule has 6 heteroatoms. The van der Waals surface area contributed by atoms with E-state index in [2.05, 4.69) is 20.9 Å². The highest BCUT2D eigenvalue weighted by Crippen LogP contribution is 2.25. The zero-order valence-corrected chi connectivity index (χ0v) is 11.7. The second-order valence-electron chi connectivity index (χ2n) is 3.93. The van der Waals surface area contributed by atoms with E-state index < -0.39 is 5.82 Å². The standard InChI is InChI=1S/C13H11BrFN3O/c1-18(8-3-2-4-17-7-8)13(19)9-5-12(16)11(15)6-10(9)14/h2-7H,16H2,1H3. The van der Waals surface area contributed by atoms with Crippen LogP contribution < -0.4 is 10.6 Å². The Morgan fingerprint density at radius 2 is 2.21 bits per heavy atom. The van der Waals surface area contributed by atoms with Gasteiger partial charge in [-0.05, 0) is 40.2 Å². The van der Waals surface area contributed by atoms with Gasteiger partial charge in [-0.1, -0.05) is 0 Å². The zero-order valence-electron chi connectivity index (χ0n) is 10.1. The molecule has 0 spiro atoms. The molecule has 0 aliphatic heterocycles. The number of carbonyl (C=O) groups is 1. The van der Waals surface area contributed by atoms with Gasteiger partial charge in [-0.2, -0.15) is 0 Å². The molecule has 4 nitrogen and oxygen atoms in total. The van der Waals surface area contributed by atoms with Crippen molar-refractivity contribution in [2.45, 2.75) is 0 Å². The molecule has 0 saturated heterocycles. The number of pyridine rings is 1. The molecular formula is C13H11BrFN3O. The second-order valence-corrected chi connectivity index (χ2v) is 4.78. The molecule has 98 valence electrons. The minimum absolute atomic E-state index is 0.0638. The maximum atomic E-state index is 13.3. The largest absolute Gasteiger partial charge is 0.396 e. The van der Waals surface area contributed by atoms with E-state index in [4.69, 9.17) is 5.73 Å². The molecule has 0 fully saturated rings. The number of benzene rings is 1. The van der Waals surface area contributed by atoms with Crippen LogP contribution in [0.25, 0.3) is 0 Å². The second kappa shape index (κ2) is 5.36. The minimum atomic E-state index is -0.563. The van der Waals surface area contributed by atoms with Crippen LogP contribution in [0.15, 0.2) is 41.1 Å². The van der Waals surface area contributed by atoms with Gasteiger partial charge in [0.2, 0.25) is 0 Å². The molecule has 0 bridgehead atoms. The summed E-state index contributed by atoms with van der Waals surface area (Å²) in [5.41, 5.74) is 6.36. The summed E-state index contributed by atoms with van der Waals surface area (Å²) in [4.78, 5) is 17.7. The van der Waals surface area contributed by atoms with Crippen molar-refractivity contribution in [1.29, 1.82) is 0 Å². The monoisotopic (exact) mass is 323 g/mol. The Labute approximate surface area is 118 Å². The molecule has 1 heterocycles. The Bertz CT molecular complexity index is 619. The van der Waals surface area contributed by atoms with Crippen molar-refractivity contribution in [3.05, 3.63) is 52.5 Å². The summed E-state index contributed by atoms with van der Waals surface area (Å²) in [6, 6.07) is 5.98. The van der Waals surface area contributed by atoms with Crippen LogP contribution in [0.5, 0.6) is 0 Å². The first-order chi connectivity index (χ1) is 9.00. The maximum Gasteiger partial charge on any atom is 0.259 e. The topological polar surface area (TPSA) is 59.2 Å². The molecule has 1 aromatic carbocycles. The van der Waals surface area contributed by atoms with Crippen LogP contribution in [0, 0.1) is 5.82 Å². The van der Waals surface area contributed by atoms with E-state index in [9.17, 15) is 9.18 Å². The van der Waals surface area contributed by atoms with Crippen LogP contribution in [0.1, 0.15) is 10.4 Å². The van der Waals surface area contributed by atoms with E-state index >= 15 is 0 Å². The van der Waals surface area contributed by atoms with Gasteiger partial charge in [0.05, 0.1) is 23.1 Å². The van der Waals surface area contributed by atoms with E-state index in [1.807, 2.05) is 0 Å². The molecule has 0 aliphatic carbocycles. The Hall–Kier alpha value is -1.95. The third-order valence-electron chi connectivity index (χ3n) is 2.65. The molecule has 0 aliphatic rings. The molecule has 19 heavy (non-hydrogen) atoms. The summed E-state index contributed by atoms with van der Waals surface area (Å²) < 4.78 is 13.6. The van der Waals surface area contributed by atoms with Crippen LogP contribution in [-0.4, -0.2) is 17.9 Å². The van der Waals surface area contributed by atoms with E-state index in [1.54, 1.807) is 31.6 Å². The number of nitrogens with zero attached hydrogens (tertiary/aromatic N) is 2. The Morgan fingerprint density at radius 1 is 1.47 bits per heavy atom. The molecule has 0 atom stereocenters. The first-order valence-corrected chi connectivity index (χ1v) is 6.22. The first-order valence-electron chi connectivity index (χ1n) is 5.43. The molecule has 1 amide bonds. The highest BCUT2D eigenvalue weighted by atomic mass is 79.9.